The summed E-state index contributed by atoms with van der Waals surface area (Å²) in [5.41, 5.74) is 2.81. The van der Waals surface area contributed by atoms with Gasteiger partial charge >= 0.3 is 0 Å². The van der Waals surface area contributed by atoms with E-state index in [9.17, 15) is 9.59 Å². The molecule has 0 heterocycles. The van der Waals surface area contributed by atoms with E-state index >= 15 is 0 Å². The van der Waals surface area contributed by atoms with Crippen LogP contribution in [0.15, 0.2) is 84.9 Å². The van der Waals surface area contributed by atoms with E-state index in [-0.39, 0.29) is 11.8 Å². The second kappa shape index (κ2) is 10.6. The van der Waals surface area contributed by atoms with Gasteiger partial charge < -0.3 is 10.2 Å². The Bertz CT molecular complexity index is 977. The average Bonchev–Trinajstić information content (AvgIpc) is 2.76. The fourth-order valence-corrected chi connectivity index (χ4v) is 3.55. The van der Waals surface area contributed by atoms with Gasteiger partial charge in [0.1, 0.15) is 6.04 Å². The molecular weight excluding hydrogens is 396 g/mol. The van der Waals surface area contributed by atoms with Crippen LogP contribution in [0.1, 0.15) is 23.6 Å². The number of nitrogens with zero attached hydrogens (tertiary/aromatic N) is 1. The van der Waals surface area contributed by atoms with Crippen molar-refractivity contribution in [1.82, 2.24) is 10.2 Å². The normalized spacial score (nSPS) is 11.5. The molecule has 1 N–H and O–H groups in total. The Morgan fingerprint density at radius 3 is 2.03 bits per heavy atom. The van der Waals surface area contributed by atoms with Gasteiger partial charge in [-0.2, -0.15) is 0 Å². The van der Waals surface area contributed by atoms with Crippen molar-refractivity contribution in [3.8, 4) is 0 Å². The smallest absolute Gasteiger partial charge is 0.243 e. The maximum Gasteiger partial charge on any atom is 0.243 e. The molecule has 0 aromatic heterocycles. The van der Waals surface area contributed by atoms with E-state index in [4.69, 9.17) is 11.6 Å². The molecule has 0 aliphatic carbocycles. The zero-order valence-corrected chi connectivity index (χ0v) is 17.7. The van der Waals surface area contributed by atoms with Crippen LogP contribution in [0.5, 0.6) is 0 Å². The summed E-state index contributed by atoms with van der Waals surface area (Å²) in [7, 11) is 0. The monoisotopic (exact) mass is 420 g/mol. The minimum Gasteiger partial charge on any atom is -0.350 e. The predicted molar refractivity (Wildman–Crippen MR) is 120 cm³/mol. The van der Waals surface area contributed by atoms with E-state index in [1.54, 1.807) is 11.0 Å². The van der Waals surface area contributed by atoms with Crippen LogP contribution in [0, 0.1) is 0 Å². The van der Waals surface area contributed by atoms with Crippen LogP contribution in [-0.2, 0) is 29.1 Å². The van der Waals surface area contributed by atoms with Crippen LogP contribution >= 0.6 is 11.6 Å². The number of carbonyl (C=O) groups excluding carboxylic acids is 2. The highest BCUT2D eigenvalue weighted by Gasteiger charge is 2.28. The van der Waals surface area contributed by atoms with E-state index in [0.29, 0.717) is 24.5 Å². The van der Waals surface area contributed by atoms with E-state index in [1.165, 1.54) is 6.92 Å². The van der Waals surface area contributed by atoms with Gasteiger partial charge in [-0.15, -0.1) is 0 Å². The third kappa shape index (κ3) is 5.94. The summed E-state index contributed by atoms with van der Waals surface area (Å²) >= 11 is 6.22. The molecule has 4 nitrogen and oxygen atoms in total. The van der Waals surface area contributed by atoms with Gasteiger partial charge in [0.15, 0.2) is 0 Å². The highest BCUT2D eigenvalue weighted by atomic mass is 35.5. The Balaban J connectivity index is 1.83. The van der Waals surface area contributed by atoms with Crippen molar-refractivity contribution in [1.29, 1.82) is 0 Å². The molecule has 3 aromatic rings. The molecule has 0 radical (unpaired) electrons. The van der Waals surface area contributed by atoms with Crippen LogP contribution in [0.25, 0.3) is 0 Å². The molecule has 30 heavy (non-hydrogen) atoms. The van der Waals surface area contributed by atoms with Crippen molar-refractivity contribution in [3.63, 3.8) is 0 Å². The minimum atomic E-state index is -0.632. The molecule has 0 bridgehead atoms. The van der Waals surface area contributed by atoms with E-state index in [2.05, 4.69) is 5.32 Å². The summed E-state index contributed by atoms with van der Waals surface area (Å²) in [5.74, 6) is -0.349. The molecule has 2 amide bonds. The van der Waals surface area contributed by atoms with E-state index in [0.717, 1.165) is 16.7 Å². The zero-order chi connectivity index (χ0) is 21.3. The molecule has 1 unspecified atom stereocenters. The lowest BCUT2D eigenvalue weighted by Crippen LogP contribution is -2.49. The number of halogens is 1. The van der Waals surface area contributed by atoms with Gasteiger partial charge in [-0.05, 0) is 22.8 Å². The average molecular weight is 421 g/mol. The van der Waals surface area contributed by atoms with Gasteiger partial charge in [0.05, 0.1) is 0 Å². The topological polar surface area (TPSA) is 49.4 Å². The van der Waals surface area contributed by atoms with E-state index < -0.39 is 6.04 Å². The van der Waals surface area contributed by atoms with Crippen LogP contribution in [0.4, 0.5) is 0 Å². The van der Waals surface area contributed by atoms with Gasteiger partial charge in [-0.3, -0.25) is 9.59 Å². The minimum absolute atomic E-state index is 0.146. The van der Waals surface area contributed by atoms with Gasteiger partial charge in [-0.1, -0.05) is 90.5 Å². The third-order valence-corrected chi connectivity index (χ3v) is 5.33. The standard InChI is InChI=1S/C25H25ClN2O2/c1-19(29)28(18-21-12-6-3-7-13-21)24(16-20-10-4-2-5-11-20)25(30)27-17-22-14-8-9-15-23(22)26/h2-15,24H,16-18H2,1H3,(H,27,30). The summed E-state index contributed by atoms with van der Waals surface area (Å²) < 4.78 is 0. The Labute approximate surface area is 182 Å². The van der Waals surface area contributed by atoms with Crippen molar-refractivity contribution in [2.24, 2.45) is 0 Å². The van der Waals surface area contributed by atoms with Crippen LogP contribution in [0.2, 0.25) is 5.02 Å². The summed E-state index contributed by atoms with van der Waals surface area (Å²) in [5, 5.41) is 3.57. The molecule has 3 aromatic carbocycles. The quantitative estimate of drug-likeness (QED) is 0.578. The fourth-order valence-electron chi connectivity index (χ4n) is 3.34. The molecule has 5 heteroatoms. The van der Waals surface area contributed by atoms with Crippen LogP contribution in [-0.4, -0.2) is 22.8 Å². The second-order valence-corrected chi connectivity index (χ2v) is 7.55. The van der Waals surface area contributed by atoms with Crippen molar-refractivity contribution in [2.75, 3.05) is 0 Å². The number of carbonyl (C=O) groups is 2. The number of benzene rings is 3. The largest absolute Gasteiger partial charge is 0.350 e. The summed E-state index contributed by atoms with van der Waals surface area (Å²) in [6.07, 6.45) is 0.432. The summed E-state index contributed by atoms with van der Waals surface area (Å²) in [6.45, 7) is 2.18. The Morgan fingerprint density at radius 1 is 0.867 bits per heavy atom. The molecular formula is C25H25ClN2O2. The Morgan fingerprint density at radius 2 is 1.43 bits per heavy atom. The maximum absolute atomic E-state index is 13.2. The SMILES string of the molecule is CC(=O)N(Cc1ccccc1)C(Cc1ccccc1)C(=O)NCc1ccccc1Cl. The first-order valence-corrected chi connectivity index (χ1v) is 10.3. The molecule has 0 saturated carbocycles. The lowest BCUT2D eigenvalue weighted by Gasteiger charge is -2.30. The molecule has 154 valence electrons. The first-order chi connectivity index (χ1) is 14.5. The first-order valence-electron chi connectivity index (χ1n) is 9.91. The first kappa shape index (κ1) is 21.6. The number of hydrogen-bond donors (Lipinski definition) is 1. The maximum atomic E-state index is 13.2. The fraction of sp³-hybridized carbons (Fsp3) is 0.200. The Hall–Kier alpha value is -3.11. The van der Waals surface area contributed by atoms with Gasteiger partial charge in [0.25, 0.3) is 0 Å². The molecule has 1 atom stereocenters. The van der Waals surface area contributed by atoms with E-state index in [1.807, 2.05) is 78.9 Å². The highest BCUT2D eigenvalue weighted by Crippen LogP contribution is 2.17. The van der Waals surface area contributed by atoms with Crippen LogP contribution in [0.3, 0.4) is 0 Å². The number of rotatable bonds is 8. The van der Waals surface area contributed by atoms with Crippen LogP contribution < -0.4 is 5.32 Å². The van der Waals surface area contributed by atoms with Gasteiger partial charge in [-0.25, -0.2) is 0 Å². The second-order valence-electron chi connectivity index (χ2n) is 7.15. The van der Waals surface area contributed by atoms with Crippen molar-refractivity contribution in [2.45, 2.75) is 32.5 Å². The van der Waals surface area contributed by atoms with Gasteiger partial charge in [0.2, 0.25) is 11.8 Å². The summed E-state index contributed by atoms with van der Waals surface area (Å²) in [4.78, 5) is 27.4. The molecule has 0 fully saturated rings. The summed E-state index contributed by atoms with van der Waals surface area (Å²) in [6, 6.07) is 26.2. The molecule has 0 saturated heterocycles. The predicted octanol–water partition coefficient (Wildman–Crippen LogP) is 4.62. The third-order valence-electron chi connectivity index (χ3n) is 4.96. The number of nitrogens with one attached hydrogen (secondary N) is 1. The van der Waals surface area contributed by atoms with Crippen molar-refractivity contribution >= 4 is 23.4 Å². The number of hydrogen-bond acceptors (Lipinski definition) is 2. The molecule has 0 aliphatic rings. The molecule has 0 aliphatic heterocycles. The van der Waals surface area contributed by atoms with Crippen molar-refractivity contribution in [3.05, 3.63) is 107 Å². The van der Waals surface area contributed by atoms with Crippen molar-refractivity contribution < 1.29 is 9.59 Å². The van der Waals surface area contributed by atoms with Gasteiger partial charge in [0, 0.05) is 31.5 Å². The number of amides is 2. The lowest BCUT2D eigenvalue weighted by atomic mass is 10.0. The lowest BCUT2D eigenvalue weighted by molar-refractivity contribution is -0.139. The molecule has 0 spiro atoms. The molecule has 3 rings (SSSR count). The Kier molecular flexibility index (Phi) is 7.63. The zero-order valence-electron chi connectivity index (χ0n) is 16.9. The highest BCUT2D eigenvalue weighted by molar-refractivity contribution is 6.31.